The zero-order chi connectivity index (χ0) is 20.9. The lowest BCUT2D eigenvalue weighted by atomic mass is 10.0. The SMILES string of the molecule is C[C@H](OC(=O)/C=C/c1cn(Cc2ccccc2)nn1)C(=O)c1ccc2c(c1)CCC2. The smallest absolute Gasteiger partial charge is 0.331 e. The second-order valence-corrected chi connectivity index (χ2v) is 7.44. The van der Waals surface area contributed by atoms with E-state index in [0.717, 1.165) is 24.8 Å². The number of rotatable bonds is 7. The third kappa shape index (κ3) is 4.71. The first-order chi connectivity index (χ1) is 14.6. The van der Waals surface area contributed by atoms with Gasteiger partial charge in [0.05, 0.1) is 12.7 Å². The normalized spacial score (nSPS) is 13.9. The number of ketones is 1. The molecule has 152 valence electrons. The van der Waals surface area contributed by atoms with E-state index in [4.69, 9.17) is 4.74 Å². The quantitative estimate of drug-likeness (QED) is 0.343. The summed E-state index contributed by atoms with van der Waals surface area (Å²) in [5.41, 5.74) is 4.76. The van der Waals surface area contributed by atoms with Gasteiger partial charge >= 0.3 is 5.97 Å². The maximum Gasteiger partial charge on any atom is 0.331 e. The molecule has 3 aromatic rings. The molecule has 0 aliphatic heterocycles. The molecular formula is C24H23N3O3. The first-order valence-electron chi connectivity index (χ1n) is 10.1. The largest absolute Gasteiger partial charge is 0.451 e. The molecule has 0 fully saturated rings. The standard InChI is InChI=1S/C24H23N3O3/c1-17(24(29)21-11-10-19-8-5-9-20(19)14-21)30-23(28)13-12-22-16-27(26-25-22)15-18-6-3-2-4-7-18/h2-4,6-7,10-14,16-17H,5,8-9,15H2,1H3/b13-12+/t17-/m0/s1. The fraction of sp³-hybridized carbons (Fsp3) is 0.250. The highest BCUT2D eigenvalue weighted by Gasteiger charge is 2.20. The van der Waals surface area contributed by atoms with Gasteiger partial charge in [0.2, 0.25) is 5.78 Å². The molecule has 1 aliphatic rings. The minimum Gasteiger partial charge on any atom is -0.451 e. The Kier molecular flexibility index (Phi) is 5.84. The Morgan fingerprint density at radius 2 is 1.93 bits per heavy atom. The van der Waals surface area contributed by atoms with Crippen molar-refractivity contribution in [1.29, 1.82) is 0 Å². The van der Waals surface area contributed by atoms with E-state index in [0.29, 0.717) is 17.8 Å². The summed E-state index contributed by atoms with van der Waals surface area (Å²) in [6.45, 7) is 2.19. The zero-order valence-corrected chi connectivity index (χ0v) is 16.8. The molecule has 0 unspecified atom stereocenters. The van der Waals surface area contributed by atoms with Crippen molar-refractivity contribution in [3.8, 4) is 0 Å². The van der Waals surface area contributed by atoms with Gasteiger partial charge < -0.3 is 4.74 Å². The summed E-state index contributed by atoms with van der Waals surface area (Å²) in [6, 6.07) is 15.7. The van der Waals surface area contributed by atoms with Crippen LogP contribution in [0.15, 0.2) is 60.8 Å². The van der Waals surface area contributed by atoms with Gasteiger partial charge in [-0.1, -0.05) is 47.7 Å². The number of aromatic nitrogens is 3. The van der Waals surface area contributed by atoms with E-state index in [1.165, 1.54) is 23.3 Å². The summed E-state index contributed by atoms with van der Waals surface area (Å²) < 4.78 is 6.97. The van der Waals surface area contributed by atoms with Crippen molar-refractivity contribution in [1.82, 2.24) is 15.0 Å². The number of nitrogens with zero attached hydrogens (tertiary/aromatic N) is 3. The molecule has 0 saturated carbocycles. The minimum absolute atomic E-state index is 0.194. The molecule has 1 aliphatic carbocycles. The molecule has 1 atom stereocenters. The van der Waals surface area contributed by atoms with Crippen LogP contribution in [-0.4, -0.2) is 32.9 Å². The number of ether oxygens (including phenoxy) is 1. The van der Waals surface area contributed by atoms with Gasteiger partial charge in [-0.15, -0.1) is 5.10 Å². The van der Waals surface area contributed by atoms with Crippen LogP contribution in [0.3, 0.4) is 0 Å². The number of aryl methyl sites for hydroxylation is 2. The van der Waals surface area contributed by atoms with Gasteiger partial charge in [-0.3, -0.25) is 4.79 Å². The third-order valence-electron chi connectivity index (χ3n) is 5.18. The number of hydrogen-bond acceptors (Lipinski definition) is 5. The molecule has 1 aromatic heterocycles. The first kappa shape index (κ1) is 19.8. The highest BCUT2D eigenvalue weighted by atomic mass is 16.5. The number of carbonyl (C=O) groups is 2. The van der Waals surface area contributed by atoms with Gasteiger partial charge in [0.1, 0.15) is 5.69 Å². The van der Waals surface area contributed by atoms with Crippen molar-refractivity contribution in [3.63, 3.8) is 0 Å². The van der Waals surface area contributed by atoms with Crippen LogP contribution in [-0.2, 0) is 28.9 Å². The number of benzene rings is 2. The summed E-state index contributed by atoms with van der Waals surface area (Å²) >= 11 is 0. The van der Waals surface area contributed by atoms with Gasteiger partial charge in [-0.05, 0) is 55.0 Å². The van der Waals surface area contributed by atoms with Gasteiger partial charge in [-0.25, -0.2) is 9.48 Å². The van der Waals surface area contributed by atoms with E-state index in [-0.39, 0.29) is 5.78 Å². The Labute approximate surface area is 175 Å². The Morgan fingerprint density at radius 1 is 1.13 bits per heavy atom. The summed E-state index contributed by atoms with van der Waals surface area (Å²) in [5.74, 6) is -0.783. The number of esters is 1. The topological polar surface area (TPSA) is 74.1 Å². The average Bonchev–Trinajstić information content (AvgIpc) is 3.41. The lowest BCUT2D eigenvalue weighted by Crippen LogP contribution is -2.23. The van der Waals surface area contributed by atoms with E-state index in [9.17, 15) is 9.59 Å². The average molecular weight is 401 g/mol. The Hall–Kier alpha value is -3.54. The van der Waals surface area contributed by atoms with E-state index in [1.54, 1.807) is 17.8 Å². The molecule has 0 radical (unpaired) electrons. The van der Waals surface area contributed by atoms with Crippen LogP contribution in [0, 0.1) is 0 Å². The van der Waals surface area contributed by atoms with Crippen molar-refractivity contribution < 1.29 is 14.3 Å². The molecule has 0 N–H and O–H groups in total. The van der Waals surface area contributed by atoms with Crippen molar-refractivity contribution in [2.75, 3.05) is 0 Å². The van der Waals surface area contributed by atoms with Gasteiger partial charge in [0.15, 0.2) is 6.10 Å². The summed E-state index contributed by atoms with van der Waals surface area (Å²) in [7, 11) is 0. The molecule has 4 rings (SSSR count). The second-order valence-electron chi connectivity index (χ2n) is 7.44. The lowest BCUT2D eigenvalue weighted by Gasteiger charge is -2.11. The number of hydrogen-bond donors (Lipinski definition) is 0. The Bertz CT molecular complexity index is 1090. The number of fused-ring (bicyclic) bond motifs is 1. The monoisotopic (exact) mass is 401 g/mol. The first-order valence-corrected chi connectivity index (χ1v) is 10.1. The predicted octanol–water partition coefficient (Wildman–Crippen LogP) is 3.64. The van der Waals surface area contributed by atoms with Crippen LogP contribution in [0.1, 0.15) is 46.1 Å². The van der Waals surface area contributed by atoms with E-state index >= 15 is 0 Å². The zero-order valence-electron chi connectivity index (χ0n) is 16.8. The summed E-state index contributed by atoms with van der Waals surface area (Å²) in [4.78, 5) is 24.7. The molecule has 2 aromatic carbocycles. The van der Waals surface area contributed by atoms with Crippen molar-refractivity contribution >= 4 is 17.8 Å². The second kappa shape index (κ2) is 8.86. The van der Waals surface area contributed by atoms with Crippen LogP contribution in [0.5, 0.6) is 0 Å². The van der Waals surface area contributed by atoms with E-state index < -0.39 is 12.1 Å². The Balaban J connectivity index is 1.32. The maximum absolute atomic E-state index is 12.6. The summed E-state index contributed by atoms with van der Waals surface area (Å²) in [6.07, 6.45) is 6.88. The van der Waals surface area contributed by atoms with Crippen molar-refractivity contribution in [3.05, 3.63) is 88.8 Å². The fourth-order valence-electron chi connectivity index (χ4n) is 3.62. The van der Waals surface area contributed by atoms with Crippen molar-refractivity contribution in [2.45, 2.75) is 38.8 Å². The summed E-state index contributed by atoms with van der Waals surface area (Å²) in [5, 5.41) is 8.09. The molecule has 6 nitrogen and oxygen atoms in total. The molecular weight excluding hydrogens is 378 g/mol. The molecule has 0 amide bonds. The predicted molar refractivity (Wildman–Crippen MR) is 113 cm³/mol. The molecule has 0 bridgehead atoms. The molecule has 0 spiro atoms. The molecule has 0 saturated heterocycles. The van der Waals surface area contributed by atoms with Gasteiger partial charge in [0.25, 0.3) is 0 Å². The Morgan fingerprint density at radius 3 is 2.77 bits per heavy atom. The third-order valence-corrected chi connectivity index (χ3v) is 5.18. The molecule has 1 heterocycles. The van der Waals surface area contributed by atoms with Gasteiger partial charge in [0, 0.05) is 11.6 Å². The number of carbonyl (C=O) groups excluding carboxylic acids is 2. The van der Waals surface area contributed by atoms with E-state index in [2.05, 4.69) is 10.3 Å². The van der Waals surface area contributed by atoms with Crippen LogP contribution >= 0.6 is 0 Å². The minimum atomic E-state index is -0.852. The van der Waals surface area contributed by atoms with Crippen molar-refractivity contribution in [2.24, 2.45) is 0 Å². The van der Waals surface area contributed by atoms with Crippen LogP contribution in [0.2, 0.25) is 0 Å². The highest BCUT2D eigenvalue weighted by Crippen LogP contribution is 2.23. The lowest BCUT2D eigenvalue weighted by molar-refractivity contribution is -0.140. The van der Waals surface area contributed by atoms with Gasteiger partial charge in [-0.2, -0.15) is 0 Å². The molecule has 6 heteroatoms. The molecule has 30 heavy (non-hydrogen) atoms. The number of Topliss-reactive ketones (excluding diaryl/α,β-unsaturated/α-hetero) is 1. The fourth-order valence-corrected chi connectivity index (χ4v) is 3.62. The van der Waals surface area contributed by atoms with E-state index in [1.807, 2.05) is 48.5 Å². The maximum atomic E-state index is 12.6. The van der Waals surface area contributed by atoms with Crippen LogP contribution in [0.25, 0.3) is 6.08 Å². The highest BCUT2D eigenvalue weighted by molar-refractivity contribution is 6.01. The van der Waals surface area contributed by atoms with Crippen LogP contribution < -0.4 is 0 Å². The van der Waals surface area contributed by atoms with Crippen LogP contribution in [0.4, 0.5) is 0 Å².